The predicted molar refractivity (Wildman–Crippen MR) is 116 cm³/mol. The summed E-state index contributed by atoms with van der Waals surface area (Å²) in [6.45, 7) is 9.63. The van der Waals surface area contributed by atoms with Gasteiger partial charge in [0.25, 0.3) is 0 Å². The van der Waals surface area contributed by atoms with Gasteiger partial charge in [0.2, 0.25) is 10.0 Å². The molecule has 2 aromatic carbocycles. The minimum Gasteiger partial charge on any atom is -0.497 e. The molecule has 2 aromatic rings. The van der Waals surface area contributed by atoms with E-state index in [9.17, 15) is 8.42 Å². The normalized spacial score (nSPS) is 29.0. The molecule has 29 heavy (non-hydrogen) atoms. The van der Waals surface area contributed by atoms with Crippen LogP contribution in [0.15, 0.2) is 53.4 Å². The number of sulfonamides is 1. The number of ether oxygens (including phenoxy) is 1. The maximum absolute atomic E-state index is 13.5. The number of fused-ring (bicyclic) bond motifs is 2. The van der Waals surface area contributed by atoms with Gasteiger partial charge in [-0.25, -0.2) is 8.42 Å². The van der Waals surface area contributed by atoms with Crippen LogP contribution in [0.4, 0.5) is 0 Å². The van der Waals surface area contributed by atoms with Crippen molar-refractivity contribution in [3.05, 3.63) is 48.5 Å². The highest BCUT2D eigenvalue weighted by atomic mass is 32.2. The summed E-state index contributed by atoms with van der Waals surface area (Å²) in [5, 5.41) is 0. The summed E-state index contributed by atoms with van der Waals surface area (Å²) in [6.07, 6.45) is 1.99. The van der Waals surface area contributed by atoms with Gasteiger partial charge in [-0.1, -0.05) is 52.0 Å². The molecule has 3 atom stereocenters. The van der Waals surface area contributed by atoms with E-state index < -0.39 is 10.0 Å². The third kappa shape index (κ3) is 3.49. The van der Waals surface area contributed by atoms with Crippen LogP contribution in [0, 0.1) is 16.7 Å². The van der Waals surface area contributed by atoms with Crippen LogP contribution in [0.25, 0.3) is 11.1 Å². The first-order valence-corrected chi connectivity index (χ1v) is 11.8. The van der Waals surface area contributed by atoms with Crippen molar-refractivity contribution in [3.8, 4) is 16.9 Å². The predicted octanol–water partition coefficient (Wildman–Crippen LogP) is 5.20. The first-order valence-electron chi connectivity index (χ1n) is 10.3. The van der Waals surface area contributed by atoms with Crippen LogP contribution in [-0.2, 0) is 10.0 Å². The van der Waals surface area contributed by atoms with E-state index in [2.05, 4.69) is 27.7 Å². The molecule has 1 saturated carbocycles. The molecule has 2 bridgehead atoms. The molecular weight excluding hydrogens is 382 g/mol. The zero-order valence-electron chi connectivity index (χ0n) is 18.0. The first-order chi connectivity index (χ1) is 13.6. The van der Waals surface area contributed by atoms with Gasteiger partial charge in [-0.2, -0.15) is 4.31 Å². The molecule has 1 aliphatic heterocycles. The highest BCUT2D eigenvalue weighted by Crippen LogP contribution is 2.56. The Morgan fingerprint density at radius 2 is 1.52 bits per heavy atom. The molecule has 0 spiro atoms. The van der Waals surface area contributed by atoms with E-state index in [1.807, 2.05) is 36.4 Å². The highest BCUT2D eigenvalue weighted by Gasteiger charge is 2.57. The van der Waals surface area contributed by atoms with E-state index in [1.54, 1.807) is 23.5 Å². The third-order valence-electron chi connectivity index (χ3n) is 7.09. The molecular formula is C24H31NO3S. The van der Waals surface area contributed by atoms with Crippen LogP contribution in [0.5, 0.6) is 5.75 Å². The van der Waals surface area contributed by atoms with Crippen LogP contribution < -0.4 is 4.74 Å². The van der Waals surface area contributed by atoms with Crippen molar-refractivity contribution in [3.63, 3.8) is 0 Å². The smallest absolute Gasteiger partial charge is 0.243 e. The molecule has 1 aliphatic carbocycles. The van der Waals surface area contributed by atoms with Gasteiger partial charge in [-0.3, -0.25) is 0 Å². The van der Waals surface area contributed by atoms with Gasteiger partial charge >= 0.3 is 0 Å². The third-order valence-corrected chi connectivity index (χ3v) is 8.98. The molecule has 156 valence electrons. The Hall–Kier alpha value is -1.85. The molecule has 2 aliphatic rings. The van der Waals surface area contributed by atoms with Gasteiger partial charge in [-0.15, -0.1) is 0 Å². The monoisotopic (exact) mass is 413 g/mol. The summed E-state index contributed by atoms with van der Waals surface area (Å²) in [5.74, 6) is 1.18. The summed E-state index contributed by atoms with van der Waals surface area (Å²) < 4.78 is 34.0. The average molecular weight is 414 g/mol. The molecule has 0 amide bonds. The molecule has 1 heterocycles. The summed E-state index contributed by atoms with van der Waals surface area (Å²) in [4.78, 5) is 0.385. The fourth-order valence-electron chi connectivity index (χ4n) is 5.56. The SMILES string of the molecule is COc1ccc(-c2ccc(S(=O)(=O)N3CC4(C)CC(C)(C)CC3[C@@H]4C)cc2)cc1. The van der Waals surface area contributed by atoms with Crippen molar-refractivity contribution in [2.24, 2.45) is 16.7 Å². The summed E-state index contributed by atoms with van der Waals surface area (Å²) >= 11 is 0. The fraction of sp³-hybridized carbons (Fsp3) is 0.500. The van der Waals surface area contributed by atoms with Gasteiger partial charge in [0.15, 0.2) is 0 Å². The minimum absolute atomic E-state index is 0.0442. The first kappa shape index (κ1) is 20.4. The minimum atomic E-state index is -3.51. The average Bonchev–Trinajstić information content (AvgIpc) is 2.84. The van der Waals surface area contributed by atoms with Gasteiger partial charge in [0, 0.05) is 12.6 Å². The second-order valence-electron chi connectivity index (χ2n) is 9.86. The lowest BCUT2D eigenvalue weighted by Crippen LogP contribution is -2.42. The van der Waals surface area contributed by atoms with Crippen molar-refractivity contribution < 1.29 is 13.2 Å². The molecule has 4 nitrogen and oxygen atoms in total. The number of benzene rings is 2. The van der Waals surface area contributed by atoms with Gasteiger partial charge < -0.3 is 4.74 Å². The zero-order chi connectivity index (χ0) is 21.0. The number of hydrogen-bond acceptors (Lipinski definition) is 3. The zero-order valence-corrected chi connectivity index (χ0v) is 18.8. The lowest BCUT2D eigenvalue weighted by atomic mass is 9.60. The van der Waals surface area contributed by atoms with Gasteiger partial charge in [-0.05, 0) is 65.0 Å². The molecule has 5 heteroatoms. The molecule has 2 unspecified atom stereocenters. The van der Waals surface area contributed by atoms with Crippen molar-refractivity contribution in [1.82, 2.24) is 4.31 Å². The van der Waals surface area contributed by atoms with Crippen LogP contribution in [-0.4, -0.2) is 32.4 Å². The van der Waals surface area contributed by atoms with Crippen LogP contribution >= 0.6 is 0 Å². The topological polar surface area (TPSA) is 46.6 Å². The Kier molecular flexibility index (Phi) is 4.82. The van der Waals surface area contributed by atoms with Gasteiger partial charge in [0.05, 0.1) is 12.0 Å². The summed E-state index contributed by atoms with van der Waals surface area (Å²) in [6, 6.07) is 15.1. The van der Waals surface area contributed by atoms with E-state index in [0.29, 0.717) is 17.4 Å². The molecule has 0 aromatic heterocycles. The second kappa shape index (κ2) is 6.85. The highest BCUT2D eigenvalue weighted by molar-refractivity contribution is 7.89. The molecule has 1 saturated heterocycles. The summed E-state index contributed by atoms with van der Waals surface area (Å²) in [5.41, 5.74) is 2.25. The lowest BCUT2D eigenvalue weighted by Gasteiger charge is -2.44. The van der Waals surface area contributed by atoms with Crippen molar-refractivity contribution in [2.45, 2.75) is 51.5 Å². The number of rotatable bonds is 4. The van der Waals surface area contributed by atoms with E-state index in [1.165, 1.54) is 0 Å². The van der Waals surface area contributed by atoms with Crippen LogP contribution in [0.3, 0.4) is 0 Å². The number of nitrogens with zero attached hydrogens (tertiary/aromatic N) is 1. The Morgan fingerprint density at radius 1 is 0.966 bits per heavy atom. The van der Waals surface area contributed by atoms with E-state index in [4.69, 9.17) is 4.74 Å². The van der Waals surface area contributed by atoms with E-state index >= 15 is 0 Å². The van der Waals surface area contributed by atoms with Crippen molar-refractivity contribution in [1.29, 1.82) is 0 Å². The van der Waals surface area contributed by atoms with Crippen molar-refractivity contribution in [2.75, 3.05) is 13.7 Å². The molecule has 0 radical (unpaired) electrons. The largest absolute Gasteiger partial charge is 0.497 e. The molecule has 0 N–H and O–H groups in total. The van der Waals surface area contributed by atoms with Crippen molar-refractivity contribution >= 4 is 10.0 Å². The van der Waals surface area contributed by atoms with E-state index in [0.717, 1.165) is 29.7 Å². The quantitative estimate of drug-likeness (QED) is 0.692. The fourth-order valence-corrected chi connectivity index (χ4v) is 7.39. The standard InChI is InChI=1S/C24H31NO3S/c1-17-22-14-23(2,3)15-24(17,4)16-25(22)29(26,27)21-12-8-19(9-13-21)18-6-10-20(28-5)11-7-18/h6-13,17,22H,14-16H2,1-5H3/t17-,22?,24?/m0/s1. The Balaban J connectivity index is 1.62. The van der Waals surface area contributed by atoms with Crippen LogP contribution in [0.2, 0.25) is 0 Å². The Morgan fingerprint density at radius 3 is 2.07 bits per heavy atom. The lowest BCUT2D eigenvalue weighted by molar-refractivity contribution is 0.0760. The maximum Gasteiger partial charge on any atom is 0.243 e. The summed E-state index contributed by atoms with van der Waals surface area (Å²) in [7, 11) is -1.87. The number of methoxy groups -OCH3 is 1. The van der Waals surface area contributed by atoms with Crippen LogP contribution in [0.1, 0.15) is 40.5 Å². The van der Waals surface area contributed by atoms with Gasteiger partial charge in [0.1, 0.15) is 5.75 Å². The molecule has 2 fully saturated rings. The Labute approximate surface area is 174 Å². The molecule has 4 rings (SSSR count). The number of hydrogen-bond donors (Lipinski definition) is 0. The van der Waals surface area contributed by atoms with E-state index in [-0.39, 0.29) is 16.9 Å². The second-order valence-corrected chi connectivity index (χ2v) is 11.7. The maximum atomic E-state index is 13.5. The Bertz CT molecular complexity index is 995.